The minimum atomic E-state index is -0.278. The van der Waals surface area contributed by atoms with Crippen molar-refractivity contribution in [1.82, 2.24) is 4.57 Å². The first-order valence-electron chi connectivity index (χ1n) is 6.29. The van der Waals surface area contributed by atoms with Gasteiger partial charge in [0.25, 0.3) is 5.56 Å². The van der Waals surface area contributed by atoms with Crippen LogP contribution in [0.15, 0.2) is 39.7 Å². The molecule has 0 atom stereocenters. The predicted octanol–water partition coefficient (Wildman–Crippen LogP) is 3.52. The smallest absolute Gasteiger partial charge is 0.265 e. The quantitative estimate of drug-likeness (QED) is 0.900. The van der Waals surface area contributed by atoms with E-state index in [0.717, 1.165) is 11.1 Å². The monoisotopic (exact) mass is 368 g/mol. The highest BCUT2D eigenvalue weighted by atomic mass is 79.9. The summed E-state index contributed by atoms with van der Waals surface area (Å²) in [6.45, 7) is 3.69. The zero-order chi connectivity index (χ0) is 15.6. The van der Waals surface area contributed by atoms with Crippen molar-refractivity contribution in [3.8, 4) is 0 Å². The zero-order valence-corrected chi connectivity index (χ0v) is 14.0. The van der Waals surface area contributed by atoms with Gasteiger partial charge in [0.1, 0.15) is 6.54 Å². The largest absolute Gasteiger partial charge is 0.324 e. The van der Waals surface area contributed by atoms with E-state index < -0.39 is 0 Å². The molecule has 1 heterocycles. The van der Waals surface area contributed by atoms with Crippen molar-refractivity contribution in [3.05, 3.63) is 61.4 Å². The van der Waals surface area contributed by atoms with Gasteiger partial charge >= 0.3 is 0 Å². The number of aromatic nitrogens is 1. The maximum absolute atomic E-state index is 12.1. The average molecular weight is 370 g/mol. The summed E-state index contributed by atoms with van der Waals surface area (Å²) >= 11 is 9.11. The number of anilines is 1. The van der Waals surface area contributed by atoms with Crippen molar-refractivity contribution in [2.24, 2.45) is 0 Å². The van der Waals surface area contributed by atoms with Crippen LogP contribution in [0.5, 0.6) is 0 Å². The van der Waals surface area contributed by atoms with Gasteiger partial charge in [0, 0.05) is 16.9 Å². The van der Waals surface area contributed by atoms with E-state index in [1.165, 1.54) is 4.57 Å². The first kappa shape index (κ1) is 15.8. The van der Waals surface area contributed by atoms with Gasteiger partial charge in [-0.25, -0.2) is 0 Å². The van der Waals surface area contributed by atoms with Gasteiger partial charge in [-0.05, 0) is 59.1 Å². The van der Waals surface area contributed by atoms with Crippen LogP contribution in [0.4, 0.5) is 5.69 Å². The maximum atomic E-state index is 12.1. The molecule has 0 aliphatic rings. The van der Waals surface area contributed by atoms with Gasteiger partial charge in [-0.1, -0.05) is 17.7 Å². The lowest BCUT2D eigenvalue weighted by atomic mass is 10.2. The molecular weight excluding hydrogens is 356 g/mol. The molecule has 0 aliphatic carbocycles. The average Bonchev–Trinajstić information content (AvgIpc) is 2.39. The van der Waals surface area contributed by atoms with Crippen molar-refractivity contribution in [2.75, 3.05) is 5.32 Å². The van der Waals surface area contributed by atoms with Crippen molar-refractivity contribution in [2.45, 2.75) is 20.4 Å². The molecule has 1 amide bonds. The number of hydrogen-bond donors (Lipinski definition) is 1. The topological polar surface area (TPSA) is 51.1 Å². The van der Waals surface area contributed by atoms with Crippen LogP contribution in [0.1, 0.15) is 11.1 Å². The molecule has 0 aliphatic heterocycles. The second-order valence-corrected chi connectivity index (χ2v) is 6.10. The molecule has 4 nitrogen and oxygen atoms in total. The summed E-state index contributed by atoms with van der Waals surface area (Å²) in [5.41, 5.74) is 2.21. The Morgan fingerprint density at radius 2 is 2.05 bits per heavy atom. The Morgan fingerprint density at radius 1 is 1.33 bits per heavy atom. The Bertz CT molecular complexity index is 756. The Hall–Kier alpha value is -1.59. The van der Waals surface area contributed by atoms with Crippen molar-refractivity contribution < 1.29 is 4.79 Å². The van der Waals surface area contributed by atoms with Crippen LogP contribution < -0.4 is 10.9 Å². The van der Waals surface area contributed by atoms with Crippen LogP contribution in [0, 0.1) is 13.8 Å². The van der Waals surface area contributed by atoms with E-state index >= 15 is 0 Å². The molecule has 0 saturated heterocycles. The number of hydrogen-bond acceptors (Lipinski definition) is 2. The van der Waals surface area contributed by atoms with Gasteiger partial charge in [0.15, 0.2) is 0 Å². The molecule has 0 saturated carbocycles. The van der Waals surface area contributed by atoms with Crippen LogP contribution >= 0.6 is 27.5 Å². The second-order valence-electron chi connectivity index (χ2n) is 4.81. The lowest BCUT2D eigenvalue weighted by Crippen LogP contribution is -2.28. The molecule has 1 N–H and O–H groups in total. The van der Waals surface area contributed by atoms with Gasteiger partial charge in [-0.3, -0.25) is 9.59 Å². The van der Waals surface area contributed by atoms with Crippen LogP contribution in [-0.2, 0) is 11.3 Å². The number of carbonyl (C=O) groups is 1. The van der Waals surface area contributed by atoms with Gasteiger partial charge in [0.05, 0.1) is 4.47 Å². The molecule has 0 bridgehead atoms. The van der Waals surface area contributed by atoms with Gasteiger partial charge in [0.2, 0.25) is 5.91 Å². The van der Waals surface area contributed by atoms with E-state index in [4.69, 9.17) is 11.6 Å². The number of benzene rings is 1. The first-order chi connectivity index (χ1) is 9.86. The van der Waals surface area contributed by atoms with Crippen LogP contribution in [0.25, 0.3) is 0 Å². The molecule has 2 rings (SSSR count). The number of nitrogens with one attached hydrogen (secondary N) is 1. The van der Waals surface area contributed by atoms with Crippen LogP contribution in [-0.4, -0.2) is 10.5 Å². The number of nitrogens with zero attached hydrogens (tertiary/aromatic N) is 1. The standard InChI is InChI=1S/C15H14BrClN2O2/c1-9-5-12(16)15(21)19(7-9)8-14(20)18-13-6-11(17)4-3-10(13)2/h3-7H,8H2,1-2H3,(H,18,20). The summed E-state index contributed by atoms with van der Waals surface area (Å²) in [6.07, 6.45) is 1.65. The number of amides is 1. The lowest BCUT2D eigenvalue weighted by Gasteiger charge is -2.11. The molecule has 110 valence electrons. The van der Waals surface area contributed by atoms with Crippen molar-refractivity contribution in [3.63, 3.8) is 0 Å². The third-order valence-electron chi connectivity index (χ3n) is 2.97. The Morgan fingerprint density at radius 3 is 2.76 bits per heavy atom. The summed E-state index contributed by atoms with van der Waals surface area (Å²) in [4.78, 5) is 24.0. The highest BCUT2D eigenvalue weighted by Crippen LogP contribution is 2.20. The van der Waals surface area contributed by atoms with Gasteiger partial charge in [-0.15, -0.1) is 0 Å². The molecule has 6 heteroatoms. The fourth-order valence-electron chi connectivity index (χ4n) is 1.93. The molecule has 21 heavy (non-hydrogen) atoms. The van der Waals surface area contributed by atoms with Crippen LogP contribution in [0.2, 0.25) is 5.02 Å². The van der Waals surface area contributed by atoms with Crippen LogP contribution in [0.3, 0.4) is 0 Å². The number of rotatable bonds is 3. The van der Waals surface area contributed by atoms with E-state index in [9.17, 15) is 9.59 Å². The molecular formula is C15H14BrClN2O2. The first-order valence-corrected chi connectivity index (χ1v) is 7.46. The highest BCUT2D eigenvalue weighted by molar-refractivity contribution is 9.10. The summed E-state index contributed by atoms with van der Waals surface area (Å²) in [5.74, 6) is -0.278. The third-order valence-corrected chi connectivity index (χ3v) is 3.77. The summed E-state index contributed by atoms with van der Waals surface area (Å²) in [5, 5.41) is 3.31. The fourth-order valence-corrected chi connectivity index (χ4v) is 2.69. The zero-order valence-electron chi connectivity index (χ0n) is 11.6. The second kappa shape index (κ2) is 6.45. The SMILES string of the molecule is Cc1cc(Br)c(=O)n(CC(=O)Nc2cc(Cl)ccc2C)c1. The fraction of sp³-hybridized carbons (Fsp3) is 0.200. The molecule has 2 aromatic rings. The minimum Gasteiger partial charge on any atom is -0.324 e. The molecule has 0 unspecified atom stereocenters. The molecule has 0 fully saturated rings. The van der Waals surface area contributed by atoms with E-state index in [2.05, 4.69) is 21.2 Å². The van der Waals surface area contributed by atoms with Crippen molar-refractivity contribution in [1.29, 1.82) is 0 Å². The van der Waals surface area contributed by atoms with Crippen molar-refractivity contribution >= 4 is 39.1 Å². The van der Waals surface area contributed by atoms with E-state index in [-0.39, 0.29) is 18.0 Å². The maximum Gasteiger partial charge on any atom is 0.265 e. The normalized spacial score (nSPS) is 10.5. The number of carbonyl (C=O) groups excluding carboxylic acids is 1. The molecule has 0 spiro atoms. The number of halogens is 2. The third kappa shape index (κ3) is 3.95. The lowest BCUT2D eigenvalue weighted by molar-refractivity contribution is -0.116. The summed E-state index contributed by atoms with van der Waals surface area (Å²) < 4.78 is 1.81. The Kier molecular flexibility index (Phi) is 4.85. The van der Waals surface area contributed by atoms with E-state index in [1.54, 1.807) is 24.4 Å². The Labute approximate surface area is 135 Å². The number of pyridine rings is 1. The summed E-state index contributed by atoms with van der Waals surface area (Å²) in [6, 6.07) is 6.99. The predicted molar refractivity (Wildman–Crippen MR) is 88.0 cm³/mol. The summed E-state index contributed by atoms with van der Waals surface area (Å²) in [7, 11) is 0. The van der Waals surface area contributed by atoms with Gasteiger partial charge in [-0.2, -0.15) is 0 Å². The highest BCUT2D eigenvalue weighted by Gasteiger charge is 2.09. The van der Waals surface area contributed by atoms with E-state index in [0.29, 0.717) is 15.2 Å². The molecule has 1 aromatic heterocycles. The minimum absolute atomic E-state index is 0.0505. The molecule has 1 aromatic carbocycles. The molecule has 0 radical (unpaired) electrons. The Balaban J connectivity index is 2.19. The van der Waals surface area contributed by atoms with E-state index in [1.807, 2.05) is 19.9 Å². The number of aryl methyl sites for hydroxylation is 2. The van der Waals surface area contributed by atoms with Gasteiger partial charge < -0.3 is 9.88 Å².